The second-order valence-corrected chi connectivity index (χ2v) is 8.76. The van der Waals surface area contributed by atoms with Gasteiger partial charge in [-0.3, -0.25) is 4.90 Å². The SMILES string of the molecule is Cc1ccc(CN(Cc2ccc(OCC(C)C)cc2)C(=O)OC2CCN(C)CC2)[nH]1. The van der Waals surface area contributed by atoms with Gasteiger partial charge in [0, 0.05) is 31.0 Å². The minimum absolute atomic E-state index is 0.00612. The molecule has 30 heavy (non-hydrogen) atoms. The Bertz CT molecular complexity index is 792. The van der Waals surface area contributed by atoms with Gasteiger partial charge in [0.2, 0.25) is 0 Å². The Hall–Kier alpha value is -2.47. The second kappa shape index (κ2) is 10.5. The molecule has 1 aromatic heterocycles. The van der Waals surface area contributed by atoms with E-state index in [1.54, 1.807) is 4.90 Å². The molecule has 1 aliphatic rings. The fourth-order valence-corrected chi connectivity index (χ4v) is 3.54. The normalized spacial score (nSPS) is 15.4. The van der Waals surface area contributed by atoms with Crippen LogP contribution in [-0.4, -0.2) is 53.7 Å². The summed E-state index contributed by atoms with van der Waals surface area (Å²) in [6.07, 6.45) is 1.52. The first-order valence-electron chi connectivity index (χ1n) is 10.9. The molecule has 1 amide bonds. The lowest BCUT2D eigenvalue weighted by atomic mass is 10.1. The highest BCUT2D eigenvalue weighted by atomic mass is 16.6. The number of nitrogens with zero attached hydrogens (tertiary/aromatic N) is 2. The van der Waals surface area contributed by atoms with Crippen LogP contribution in [0.5, 0.6) is 5.75 Å². The number of aryl methyl sites for hydroxylation is 1. The number of carbonyl (C=O) groups excluding carboxylic acids is 1. The van der Waals surface area contributed by atoms with E-state index in [4.69, 9.17) is 9.47 Å². The zero-order valence-corrected chi connectivity index (χ0v) is 18.7. The average molecular weight is 414 g/mol. The summed E-state index contributed by atoms with van der Waals surface area (Å²) in [5, 5.41) is 0. The minimum Gasteiger partial charge on any atom is -0.493 e. The molecule has 6 heteroatoms. The molecule has 1 aromatic carbocycles. The molecule has 1 saturated heterocycles. The monoisotopic (exact) mass is 413 g/mol. The number of aromatic amines is 1. The van der Waals surface area contributed by atoms with E-state index >= 15 is 0 Å². The van der Waals surface area contributed by atoms with Gasteiger partial charge in [-0.25, -0.2) is 4.79 Å². The summed E-state index contributed by atoms with van der Waals surface area (Å²) in [5.74, 6) is 1.34. The third-order valence-corrected chi connectivity index (χ3v) is 5.32. The molecule has 1 fully saturated rings. The molecule has 2 heterocycles. The molecule has 164 valence electrons. The third kappa shape index (κ3) is 6.80. The zero-order chi connectivity index (χ0) is 21.5. The van der Waals surface area contributed by atoms with Gasteiger partial charge in [-0.2, -0.15) is 0 Å². The number of carbonyl (C=O) groups is 1. The Labute approximate surface area is 180 Å². The predicted octanol–water partition coefficient (Wildman–Crippen LogP) is 4.59. The summed E-state index contributed by atoms with van der Waals surface area (Å²) in [6, 6.07) is 12.0. The first-order chi connectivity index (χ1) is 14.4. The smallest absolute Gasteiger partial charge is 0.410 e. The largest absolute Gasteiger partial charge is 0.493 e. The molecule has 0 bridgehead atoms. The molecule has 3 rings (SSSR count). The van der Waals surface area contributed by atoms with Crippen molar-refractivity contribution >= 4 is 6.09 Å². The summed E-state index contributed by atoms with van der Waals surface area (Å²) < 4.78 is 11.6. The number of benzene rings is 1. The first kappa shape index (κ1) is 22.2. The molecule has 6 nitrogen and oxygen atoms in total. The minimum atomic E-state index is -0.253. The molecule has 0 saturated carbocycles. The maximum Gasteiger partial charge on any atom is 0.410 e. The van der Waals surface area contributed by atoms with Crippen LogP contribution >= 0.6 is 0 Å². The van der Waals surface area contributed by atoms with Gasteiger partial charge in [0.15, 0.2) is 0 Å². The van der Waals surface area contributed by atoms with E-state index in [1.165, 1.54) is 0 Å². The van der Waals surface area contributed by atoms with Crippen LogP contribution in [0.4, 0.5) is 4.79 Å². The van der Waals surface area contributed by atoms with E-state index in [-0.39, 0.29) is 12.2 Å². The van der Waals surface area contributed by atoms with E-state index in [1.807, 2.05) is 43.3 Å². The molecule has 0 spiro atoms. The van der Waals surface area contributed by atoms with E-state index in [2.05, 4.69) is 30.8 Å². The van der Waals surface area contributed by atoms with Gasteiger partial charge < -0.3 is 19.4 Å². The van der Waals surface area contributed by atoms with Crippen LogP contribution in [0.1, 0.15) is 43.6 Å². The van der Waals surface area contributed by atoms with Crippen molar-refractivity contribution in [2.45, 2.75) is 52.8 Å². The summed E-state index contributed by atoms with van der Waals surface area (Å²) in [6.45, 7) is 9.88. The molecule has 2 aromatic rings. The topological polar surface area (TPSA) is 57.8 Å². The lowest BCUT2D eigenvalue weighted by molar-refractivity contribution is 0.0296. The Morgan fingerprint density at radius 2 is 1.83 bits per heavy atom. The fraction of sp³-hybridized carbons (Fsp3) is 0.542. The van der Waals surface area contributed by atoms with Crippen molar-refractivity contribution in [3.05, 3.63) is 53.3 Å². The molecule has 0 unspecified atom stereocenters. The molecule has 1 aliphatic heterocycles. The Balaban J connectivity index is 1.65. The highest BCUT2D eigenvalue weighted by Gasteiger charge is 2.24. The zero-order valence-electron chi connectivity index (χ0n) is 18.7. The van der Waals surface area contributed by atoms with Crippen molar-refractivity contribution < 1.29 is 14.3 Å². The molecule has 0 aliphatic carbocycles. The molecular weight excluding hydrogens is 378 g/mol. The van der Waals surface area contributed by atoms with Gasteiger partial charge in [-0.05, 0) is 62.6 Å². The van der Waals surface area contributed by atoms with Crippen molar-refractivity contribution in [3.63, 3.8) is 0 Å². The Morgan fingerprint density at radius 1 is 1.13 bits per heavy atom. The number of amides is 1. The fourth-order valence-electron chi connectivity index (χ4n) is 3.54. The van der Waals surface area contributed by atoms with Crippen LogP contribution in [-0.2, 0) is 17.8 Å². The van der Waals surface area contributed by atoms with Crippen LogP contribution in [0.25, 0.3) is 0 Å². The average Bonchev–Trinajstić information content (AvgIpc) is 3.13. The molecule has 0 radical (unpaired) electrons. The lowest BCUT2D eigenvalue weighted by Gasteiger charge is -2.31. The molecular formula is C24H35N3O3. The summed E-state index contributed by atoms with van der Waals surface area (Å²) in [7, 11) is 2.10. The van der Waals surface area contributed by atoms with Crippen LogP contribution in [0, 0.1) is 12.8 Å². The quantitative estimate of drug-likeness (QED) is 0.688. The molecule has 1 N–H and O–H groups in total. The van der Waals surface area contributed by atoms with Crippen molar-refractivity contribution in [1.82, 2.24) is 14.8 Å². The predicted molar refractivity (Wildman–Crippen MR) is 119 cm³/mol. The van der Waals surface area contributed by atoms with Gasteiger partial charge in [0.05, 0.1) is 13.2 Å². The van der Waals surface area contributed by atoms with Crippen LogP contribution in [0.3, 0.4) is 0 Å². The van der Waals surface area contributed by atoms with E-state index in [0.29, 0.717) is 25.6 Å². The van der Waals surface area contributed by atoms with Crippen molar-refractivity contribution in [3.8, 4) is 5.75 Å². The maximum atomic E-state index is 13.0. The number of H-pyrrole nitrogens is 1. The number of hydrogen-bond donors (Lipinski definition) is 1. The van der Waals surface area contributed by atoms with Gasteiger partial charge >= 0.3 is 6.09 Å². The summed E-state index contributed by atoms with van der Waals surface area (Å²) in [4.78, 5) is 20.4. The lowest BCUT2D eigenvalue weighted by Crippen LogP contribution is -2.39. The Kier molecular flexibility index (Phi) is 7.80. The number of ether oxygens (including phenoxy) is 2. The van der Waals surface area contributed by atoms with Gasteiger partial charge in [-0.15, -0.1) is 0 Å². The standard InChI is InChI=1S/C24H35N3O3/c1-18(2)17-29-22-9-6-20(7-10-22)15-27(16-21-8-5-19(3)25-21)24(28)30-23-11-13-26(4)14-12-23/h5-10,18,23,25H,11-17H2,1-4H3. The number of likely N-dealkylation sites (tertiary alicyclic amines) is 1. The van der Waals surface area contributed by atoms with Crippen LogP contribution in [0.15, 0.2) is 36.4 Å². The van der Waals surface area contributed by atoms with Gasteiger partial charge in [0.25, 0.3) is 0 Å². The third-order valence-electron chi connectivity index (χ3n) is 5.32. The number of piperidine rings is 1. The Morgan fingerprint density at radius 3 is 2.43 bits per heavy atom. The van der Waals surface area contributed by atoms with Crippen molar-refractivity contribution in [2.24, 2.45) is 5.92 Å². The summed E-state index contributed by atoms with van der Waals surface area (Å²) >= 11 is 0. The molecule has 0 atom stereocenters. The maximum absolute atomic E-state index is 13.0. The van der Waals surface area contributed by atoms with Crippen LogP contribution < -0.4 is 4.74 Å². The number of rotatable bonds is 8. The number of hydrogen-bond acceptors (Lipinski definition) is 4. The summed E-state index contributed by atoms with van der Waals surface area (Å²) in [5.41, 5.74) is 3.14. The van der Waals surface area contributed by atoms with Gasteiger partial charge in [0.1, 0.15) is 11.9 Å². The van der Waals surface area contributed by atoms with E-state index in [0.717, 1.165) is 48.6 Å². The van der Waals surface area contributed by atoms with Crippen molar-refractivity contribution in [1.29, 1.82) is 0 Å². The second-order valence-electron chi connectivity index (χ2n) is 8.76. The van der Waals surface area contributed by atoms with Gasteiger partial charge in [-0.1, -0.05) is 26.0 Å². The highest BCUT2D eigenvalue weighted by Crippen LogP contribution is 2.19. The highest BCUT2D eigenvalue weighted by molar-refractivity contribution is 5.68. The number of aromatic nitrogens is 1. The van der Waals surface area contributed by atoms with E-state index < -0.39 is 0 Å². The van der Waals surface area contributed by atoms with Crippen LogP contribution in [0.2, 0.25) is 0 Å². The van der Waals surface area contributed by atoms with Crippen molar-refractivity contribution in [2.75, 3.05) is 26.7 Å². The first-order valence-corrected chi connectivity index (χ1v) is 10.9. The number of nitrogens with one attached hydrogen (secondary N) is 1. The van der Waals surface area contributed by atoms with E-state index in [9.17, 15) is 4.79 Å².